The molecular weight excluding hydrogens is 242 g/mol. The fourth-order valence-corrected chi connectivity index (χ4v) is 2.71. The molecule has 0 unspecified atom stereocenters. The highest BCUT2D eigenvalue weighted by Crippen LogP contribution is 2.48. The minimum absolute atomic E-state index is 0.0392. The fraction of sp³-hybridized carbons (Fsp3) is 0.467. The predicted molar refractivity (Wildman–Crippen MR) is 71.3 cm³/mol. The molecule has 100 valence electrons. The molecule has 1 N–H and O–H groups in total. The summed E-state index contributed by atoms with van der Waals surface area (Å²) in [6.07, 6.45) is 2.73. The van der Waals surface area contributed by atoms with Crippen LogP contribution in [0.3, 0.4) is 0 Å². The molecule has 0 radical (unpaired) electrons. The maximum atomic E-state index is 12.4. The number of ketones is 1. The Balaban J connectivity index is 1.94. The van der Waals surface area contributed by atoms with Crippen molar-refractivity contribution in [2.75, 3.05) is 18.6 Å². The highest BCUT2D eigenvalue weighted by molar-refractivity contribution is 6.04. The summed E-state index contributed by atoms with van der Waals surface area (Å²) in [5.41, 5.74) is 2.07. The van der Waals surface area contributed by atoms with E-state index >= 15 is 0 Å². The third-order valence-electron chi connectivity index (χ3n) is 4.32. The number of aliphatic hydroxyl groups excluding tert-OH is 1. The van der Waals surface area contributed by atoms with E-state index in [0.29, 0.717) is 18.4 Å². The van der Waals surface area contributed by atoms with Gasteiger partial charge in [0.25, 0.3) is 0 Å². The number of anilines is 1. The van der Waals surface area contributed by atoms with Crippen LogP contribution in [0, 0.1) is 5.41 Å². The minimum Gasteiger partial charge on any atom is -0.395 e. The molecule has 1 aromatic carbocycles. The lowest BCUT2D eigenvalue weighted by Gasteiger charge is -2.26. The molecular formula is C15H17NO3. The van der Waals surface area contributed by atoms with Gasteiger partial charge in [-0.25, -0.2) is 0 Å². The summed E-state index contributed by atoms with van der Waals surface area (Å²) in [5.74, 6) is 0.151. The zero-order chi connectivity index (χ0) is 13.6. The van der Waals surface area contributed by atoms with E-state index in [-0.39, 0.29) is 18.3 Å². The van der Waals surface area contributed by atoms with E-state index < -0.39 is 5.41 Å². The number of Topliss-reactive ketones (excluding diaryl/α,β-unsaturated/α-hetero) is 1. The number of benzene rings is 1. The summed E-state index contributed by atoms with van der Waals surface area (Å²) in [5, 5.41) is 9.33. The third-order valence-corrected chi connectivity index (χ3v) is 4.32. The minimum atomic E-state index is -0.523. The van der Waals surface area contributed by atoms with Gasteiger partial charge in [0.05, 0.1) is 12.0 Å². The number of nitrogens with zero attached hydrogens (tertiary/aromatic N) is 1. The largest absolute Gasteiger partial charge is 0.395 e. The summed E-state index contributed by atoms with van der Waals surface area (Å²) in [7, 11) is 1.76. The fourth-order valence-electron chi connectivity index (χ4n) is 2.71. The summed E-state index contributed by atoms with van der Waals surface area (Å²) in [6, 6.07) is 5.50. The Hall–Kier alpha value is -1.68. The lowest BCUT2D eigenvalue weighted by Crippen LogP contribution is -2.31. The van der Waals surface area contributed by atoms with Gasteiger partial charge >= 0.3 is 0 Å². The zero-order valence-corrected chi connectivity index (χ0v) is 11.0. The number of hydrogen-bond donors (Lipinski definition) is 1. The van der Waals surface area contributed by atoms with Crippen LogP contribution in [0.4, 0.5) is 5.69 Å². The molecule has 3 rings (SSSR count). The molecule has 1 aliphatic heterocycles. The molecule has 1 aliphatic carbocycles. The Morgan fingerprint density at radius 1 is 1.37 bits per heavy atom. The molecule has 4 nitrogen and oxygen atoms in total. The van der Waals surface area contributed by atoms with Crippen LogP contribution in [-0.2, 0) is 11.2 Å². The van der Waals surface area contributed by atoms with Crippen molar-refractivity contribution in [3.05, 3.63) is 29.3 Å². The van der Waals surface area contributed by atoms with Gasteiger partial charge in [0.15, 0.2) is 5.78 Å². The van der Waals surface area contributed by atoms with Crippen molar-refractivity contribution in [1.82, 2.24) is 0 Å². The van der Waals surface area contributed by atoms with Crippen molar-refractivity contribution in [2.24, 2.45) is 5.41 Å². The number of hydrogen-bond acceptors (Lipinski definition) is 3. The van der Waals surface area contributed by atoms with Crippen molar-refractivity contribution in [2.45, 2.75) is 25.7 Å². The molecule has 1 aromatic rings. The number of aryl methyl sites for hydroxylation is 1. The van der Waals surface area contributed by atoms with Gasteiger partial charge in [-0.3, -0.25) is 9.59 Å². The van der Waals surface area contributed by atoms with Gasteiger partial charge in [-0.2, -0.15) is 0 Å². The molecule has 2 aliphatic rings. The number of carbonyl (C=O) groups is 2. The molecule has 0 spiro atoms. The highest BCUT2D eigenvalue weighted by Gasteiger charge is 2.49. The second-order valence-corrected chi connectivity index (χ2v) is 5.56. The highest BCUT2D eigenvalue weighted by atomic mass is 16.3. The van der Waals surface area contributed by atoms with Gasteiger partial charge in [0.1, 0.15) is 0 Å². The number of fused-ring (bicyclic) bond motifs is 1. The molecule has 1 amide bonds. The van der Waals surface area contributed by atoms with E-state index in [1.54, 1.807) is 18.0 Å². The molecule has 1 heterocycles. The average Bonchev–Trinajstić information content (AvgIpc) is 3.23. The van der Waals surface area contributed by atoms with Gasteiger partial charge in [-0.15, -0.1) is 0 Å². The van der Waals surface area contributed by atoms with Crippen LogP contribution in [0.2, 0.25) is 0 Å². The number of rotatable bonds is 3. The van der Waals surface area contributed by atoms with E-state index in [0.717, 1.165) is 24.1 Å². The standard InChI is InChI=1S/C15H17NO3/c1-16-12-4-2-11(8-10(12)3-5-13(16)18)14(19)15(9-17)6-7-15/h2,4,8,17H,3,5-7,9H2,1H3. The number of amides is 1. The first kappa shape index (κ1) is 12.4. The summed E-state index contributed by atoms with van der Waals surface area (Å²) in [4.78, 5) is 25.6. The number of carbonyl (C=O) groups excluding carboxylic acids is 2. The van der Waals surface area contributed by atoms with Gasteiger partial charge < -0.3 is 10.0 Å². The van der Waals surface area contributed by atoms with Crippen LogP contribution in [-0.4, -0.2) is 30.5 Å². The second-order valence-electron chi connectivity index (χ2n) is 5.56. The van der Waals surface area contributed by atoms with E-state index in [1.165, 1.54) is 0 Å². The molecule has 19 heavy (non-hydrogen) atoms. The van der Waals surface area contributed by atoms with Crippen molar-refractivity contribution in [1.29, 1.82) is 0 Å². The molecule has 4 heteroatoms. The van der Waals surface area contributed by atoms with Gasteiger partial charge in [0.2, 0.25) is 5.91 Å². The Morgan fingerprint density at radius 3 is 2.74 bits per heavy atom. The Labute approximate surface area is 112 Å². The van der Waals surface area contributed by atoms with Gasteiger partial charge in [-0.1, -0.05) is 0 Å². The van der Waals surface area contributed by atoms with Crippen LogP contribution < -0.4 is 4.90 Å². The molecule has 1 saturated carbocycles. The molecule has 0 bridgehead atoms. The average molecular weight is 259 g/mol. The molecule has 0 atom stereocenters. The molecule has 0 saturated heterocycles. The zero-order valence-electron chi connectivity index (χ0n) is 11.0. The lowest BCUT2D eigenvalue weighted by atomic mass is 9.92. The summed E-state index contributed by atoms with van der Waals surface area (Å²) in [6.45, 7) is -0.0681. The van der Waals surface area contributed by atoms with E-state index in [1.807, 2.05) is 12.1 Å². The normalized spacial score (nSPS) is 20.1. The SMILES string of the molecule is CN1C(=O)CCc2cc(C(=O)C3(CO)CC3)ccc21. The van der Waals surface area contributed by atoms with Crippen molar-refractivity contribution in [3.63, 3.8) is 0 Å². The van der Waals surface area contributed by atoms with Crippen molar-refractivity contribution in [3.8, 4) is 0 Å². The Morgan fingerprint density at radius 2 is 2.11 bits per heavy atom. The Kier molecular flexibility index (Phi) is 2.71. The topological polar surface area (TPSA) is 57.6 Å². The molecule has 0 aromatic heterocycles. The maximum absolute atomic E-state index is 12.4. The smallest absolute Gasteiger partial charge is 0.227 e. The Bertz CT molecular complexity index is 561. The van der Waals surface area contributed by atoms with E-state index in [2.05, 4.69) is 0 Å². The summed E-state index contributed by atoms with van der Waals surface area (Å²) >= 11 is 0. The number of aliphatic hydroxyl groups is 1. The maximum Gasteiger partial charge on any atom is 0.227 e. The van der Waals surface area contributed by atoms with Crippen LogP contribution in [0.5, 0.6) is 0 Å². The van der Waals surface area contributed by atoms with E-state index in [4.69, 9.17) is 0 Å². The lowest BCUT2D eigenvalue weighted by molar-refractivity contribution is -0.118. The summed E-state index contributed by atoms with van der Waals surface area (Å²) < 4.78 is 0. The quantitative estimate of drug-likeness (QED) is 0.838. The van der Waals surface area contributed by atoms with Gasteiger partial charge in [-0.05, 0) is 43.0 Å². The van der Waals surface area contributed by atoms with Gasteiger partial charge in [0, 0.05) is 24.7 Å². The monoisotopic (exact) mass is 259 g/mol. The van der Waals surface area contributed by atoms with Crippen LogP contribution >= 0.6 is 0 Å². The van der Waals surface area contributed by atoms with Crippen molar-refractivity contribution < 1.29 is 14.7 Å². The predicted octanol–water partition coefficient (Wildman–Crippen LogP) is 1.55. The van der Waals surface area contributed by atoms with Crippen LogP contribution in [0.25, 0.3) is 0 Å². The third kappa shape index (κ3) is 1.87. The first-order chi connectivity index (χ1) is 9.07. The molecule has 1 fully saturated rings. The first-order valence-corrected chi connectivity index (χ1v) is 6.62. The second kappa shape index (κ2) is 4.17. The van der Waals surface area contributed by atoms with Crippen LogP contribution in [0.15, 0.2) is 18.2 Å². The van der Waals surface area contributed by atoms with Crippen LogP contribution in [0.1, 0.15) is 35.2 Å². The van der Waals surface area contributed by atoms with Crippen molar-refractivity contribution >= 4 is 17.4 Å². The van der Waals surface area contributed by atoms with E-state index in [9.17, 15) is 14.7 Å². The first-order valence-electron chi connectivity index (χ1n) is 6.62.